The van der Waals surface area contributed by atoms with Crippen LogP contribution < -0.4 is 0 Å². The summed E-state index contributed by atoms with van der Waals surface area (Å²) in [4.78, 5) is 14.3. The van der Waals surface area contributed by atoms with Crippen LogP contribution in [0.15, 0.2) is 0 Å². The quantitative estimate of drug-likeness (QED) is 0.560. The molecule has 1 fully saturated rings. The summed E-state index contributed by atoms with van der Waals surface area (Å²) in [5.74, 6) is 2.21. The van der Waals surface area contributed by atoms with Crippen LogP contribution in [0, 0.1) is 0 Å². The smallest absolute Gasteiger partial charge is 0.323 e. The van der Waals surface area contributed by atoms with Gasteiger partial charge in [-0.1, -0.05) is 6.92 Å². The van der Waals surface area contributed by atoms with Crippen molar-refractivity contribution in [1.82, 2.24) is 4.90 Å². The first-order chi connectivity index (χ1) is 7.94. The van der Waals surface area contributed by atoms with Gasteiger partial charge in [-0.2, -0.15) is 11.8 Å². The molecule has 0 bridgehead atoms. The minimum absolute atomic E-state index is 0.00770. The summed E-state index contributed by atoms with van der Waals surface area (Å²) in [5.41, 5.74) is -0.372. The van der Waals surface area contributed by atoms with Crippen LogP contribution in [0.5, 0.6) is 0 Å². The number of hydrogen-bond donors (Lipinski definition) is 0. The lowest BCUT2D eigenvalue weighted by molar-refractivity contribution is -0.160. The van der Waals surface area contributed by atoms with Crippen molar-refractivity contribution in [3.63, 3.8) is 0 Å². The monoisotopic (exact) mass is 259 g/mol. The van der Waals surface area contributed by atoms with Crippen molar-refractivity contribution in [2.24, 2.45) is 0 Å². The second kappa shape index (κ2) is 6.64. The van der Waals surface area contributed by atoms with Gasteiger partial charge in [0.25, 0.3) is 0 Å². The highest BCUT2D eigenvalue weighted by Gasteiger charge is 2.33. The van der Waals surface area contributed by atoms with Gasteiger partial charge in [-0.3, -0.25) is 9.69 Å². The summed E-state index contributed by atoms with van der Waals surface area (Å²) >= 11 is 1.93. The summed E-state index contributed by atoms with van der Waals surface area (Å²) in [6, 6.07) is -0.00770. The van der Waals surface area contributed by atoms with Gasteiger partial charge in [-0.25, -0.2) is 0 Å². The molecule has 0 N–H and O–H groups in total. The fraction of sp³-hybridized carbons (Fsp3) is 0.923. The largest absolute Gasteiger partial charge is 0.459 e. The molecule has 0 spiro atoms. The average molecular weight is 259 g/mol. The normalized spacial score (nSPS) is 21.8. The molecule has 0 saturated carbocycles. The van der Waals surface area contributed by atoms with Crippen LogP contribution in [-0.2, 0) is 9.53 Å². The molecule has 1 rings (SSSR count). The molecular weight excluding hydrogens is 234 g/mol. The number of nitrogens with zero attached hydrogens (tertiary/aromatic N) is 1. The number of hydrogen-bond acceptors (Lipinski definition) is 4. The van der Waals surface area contributed by atoms with E-state index in [1.807, 2.05) is 32.5 Å². The Morgan fingerprint density at radius 3 is 2.76 bits per heavy atom. The van der Waals surface area contributed by atoms with E-state index in [4.69, 9.17) is 4.74 Å². The van der Waals surface area contributed by atoms with Crippen LogP contribution in [-0.4, -0.2) is 47.1 Å². The molecule has 0 aromatic heterocycles. The second-order valence-corrected chi connectivity index (χ2v) is 6.82. The van der Waals surface area contributed by atoms with Crippen LogP contribution in [0.3, 0.4) is 0 Å². The zero-order chi connectivity index (χ0) is 12.9. The molecule has 0 aliphatic carbocycles. The maximum Gasteiger partial charge on any atom is 0.323 e. The van der Waals surface area contributed by atoms with Crippen molar-refractivity contribution in [2.75, 3.05) is 24.6 Å². The molecular formula is C13H25NO2S. The number of carbonyl (C=O) groups is 1. The predicted octanol–water partition coefficient (Wildman–Crippen LogP) is 2.55. The standard InChI is InChI=1S/C13H25NO2S/c1-5-17-10-9-14-8-6-7-11(14)12(15)16-13(2,3)4/h11H,5-10H2,1-4H3/t11-/m1/s1. The Morgan fingerprint density at radius 2 is 2.18 bits per heavy atom. The highest BCUT2D eigenvalue weighted by atomic mass is 32.2. The second-order valence-electron chi connectivity index (χ2n) is 5.42. The molecule has 100 valence electrons. The fourth-order valence-corrected chi connectivity index (χ4v) is 2.71. The highest BCUT2D eigenvalue weighted by Crippen LogP contribution is 2.21. The summed E-state index contributed by atoms with van der Waals surface area (Å²) < 4.78 is 5.47. The van der Waals surface area contributed by atoms with Crippen molar-refractivity contribution < 1.29 is 9.53 Å². The van der Waals surface area contributed by atoms with Crippen molar-refractivity contribution in [2.45, 2.75) is 52.2 Å². The molecule has 0 aromatic rings. The van der Waals surface area contributed by atoms with Crippen molar-refractivity contribution in [3.8, 4) is 0 Å². The zero-order valence-electron chi connectivity index (χ0n) is 11.5. The third-order valence-corrected chi connectivity index (χ3v) is 3.65. The summed E-state index contributed by atoms with van der Waals surface area (Å²) in [6.07, 6.45) is 2.06. The number of ether oxygens (including phenoxy) is 1. The number of thioether (sulfide) groups is 1. The first kappa shape index (κ1) is 14.8. The Labute approximate surface area is 109 Å². The predicted molar refractivity (Wildman–Crippen MR) is 73.4 cm³/mol. The van der Waals surface area contributed by atoms with Crippen molar-refractivity contribution in [1.29, 1.82) is 0 Å². The lowest BCUT2D eigenvalue weighted by Crippen LogP contribution is -2.41. The van der Waals surface area contributed by atoms with E-state index >= 15 is 0 Å². The Kier molecular flexibility index (Phi) is 5.80. The van der Waals surface area contributed by atoms with Gasteiger partial charge in [-0.15, -0.1) is 0 Å². The topological polar surface area (TPSA) is 29.5 Å². The lowest BCUT2D eigenvalue weighted by atomic mass is 10.1. The van der Waals surface area contributed by atoms with E-state index in [1.165, 1.54) is 0 Å². The molecule has 1 atom stereocenters. The van der Waals surface area contributed by atoms with Crippen molar-refractivity contribution in [3.05, 3.63) is 0 Å². The summed E-state index contributed by atoms with van der Waals surface area (Å²) in [5, 5.41) is 0. The van der Waals surface area contributed by atoms with Gasteiger partial charge in [-0.05, 0) is 45.9 Å². The number of carbonyl (C=O) groups excluding carboxylic acids is 1. The van der Waals surface area contributed by atoms with Gasteiger partial charge in [0.2, 0.25) is 0 Å². The minimum Gasteiger partial charge on any atom is -0.459 e. The highest BCUT2D eigenvalue weighted by molar-refractivity contribution is 7.99. The molecule has 3 nitrogen and oxygen atoms in total. The van der Waals surface area contributed by atoms with Gasteiger partial charge in [0.1, 0.15) is 11.6 Å². The molecule has 17 heavy (non-hydrogen) atoms. The Bertz CT molecular complexity index is 250. The third-order valence-electron chi connectivity index (χ3n) is 2.77. The summed E-state index contributed by atoms with van der Waals surface area (Å²) in [7, 11) is 0. The van der Waals surface area contributed by atoms with Crippen LogP contribution in [0.1, 0.15) is 40.5 Å². The van der Waals surface area contributed by atoms with Crippen LogP contribution in [0.4, 0.5) is 0 Å². The van der Waals surface area contributed by atoms with E-state index in [0.717, 1.165) is 37.4 Å². The third kappa shape index (κ3) is 5.30. The molecule has 1 saturated heterocycles. The molecule has 0 amide bonds. The van der Waals surface area contributed by atoms with E-state index in [9.17, 15) is 4.79 Å². The number of rotatable bonds is 5. The first-order valence-electron chi connectivity index (χ1n) is 6.48. The average Bonchev–Trinajstić information content (AvgIpc) is 2.64. The minimum atomic E-state index is -0.372. The van der Waals surface area contributed by atoms with E-state index in [0.29, 0.717) is 0 Å². The van der Waals surface area contributed by atoms with Gasteiger partial charge in [0, 0.05) is 12.3 Å². The molecule has 0 aromatic carbocycles. The lowest BCUT2D eigenvalue weighted by Gasteiger charge is -2.27. The summed E-state index contributed by atoms with van der Waals surface area (Å²) in [6.45, 7) is 9.99. The van der Waals surface area contributed by atoms with Crippen molar-refractivity contribution >= 4 is 17.7 Å². The van der Waals surface area contributed by atoms with Gasteiger partial charge in [0.15, 0.2) is 0 Å². The van der Waals surface area contributed by atoms with E-state index in [2.05, 4.69) is 11.8 Å². The number of esters is 1. The first-order valence-corrected chi connectivity index (χ1v) is 7.64. The maximum atomic E-state index is 12.0. The van der Waals surface area contributed by atoms with E-state index in [-0.39, 0.29) is 17.6 Å². The van der Waals surface area contributed by atoms with Crippen LogP contribution in [0.2, 0.25) is 0 Å². The molecule has 0 radical (unpaired) electrons. The molecule has 0 unspecified atom stereocenters. The zero-order valence-corrected chi connectivity index (χ0v) is 12.3. The fourth-order valence-electron chi connectivity index (χ4n) is 2.06. The molecule has 1 aliphatic heterocycles. The van der Waals surface area contributed by atoms with Gasteiger partial charge in [0.05, 0.1) is 0 Å². The van der Waals surface area contributed by atoms with Crippen LogP contribution >= 0.6 is 11.8 Å². The van der Waals surface area contributed by atoms with Gasteiger partial charge < -0.3 is 4.74 Å². The van der Waals surface area contributed by atoms with Crippen LogP contribution in [0.25, 0.3) is 0 Å². The molecule has 1 aliphatic rings. The number of likely N-dealkylation sites (tertiary alicyclic amines) is 1. The van der Waals surface area contributed by atoms with Gasteiger partial charge >= 0.3 is 5.97 Å². The Morgan fingerprint density at radius 1 is 1.47 bits per heavy atom. The Hall–Kier alpha value is -0.220. The molecule has 4 heteroatoms. The SMILES string of the molecule is CCSCCN1CCC[C@@H]1C(=O)OC(C)(C)C. The molecule has 1 heterocycles. The Balaban J connectivity index is 2.42. The van der Waals surface area contributed by atoms with E-state index in [1.54, 1.807) is 0 Å². The van der Waals surface area contributed by atoms with E-state index < -0.39 is 0 Å². The maximum absolute atomic E-state index is 12.0.